The van der Waals surface area contributed by atoms with Gasteiger partial charge < -0.3 is 14.2 Å². The number of benzene rings is 2. The van der Waals surface area contributed by atoms with E-state index in [4.69, 9.17) is 8.83 Å². The summed E-state index contributed by atoms with van der Waals surface area (Å²) in [6, 6.07) is 17.6. The smallest absolute Gasteiger partial charge is 0.248 e. The summed E-state index contributed by atoms with van der Waals surface area (Å²) < 4.78 is 11.8. The molecule has 2 aromatic heterocycles. The average Bonchev–Trinajstić information content (AvgIpc) is 3.35. The fourth-order valence-electron chi connectivity index (χ4n) is 2.77. The van der Waals surface area contributed by atoms with Crippen LogP contribution in [-0.4, -0.2) is 11.7 Å². The number of nitrogens with one attached hydrogen (secondary N) is 1. The van der Waals surface area contributed by atoms with Gasteiger partial charge in [-0.15, -0.1) is 0 Å². The highest BCUT2D eigenvalue weighted by Gasteiger charge is 2.22. The molecule has 2 aromatic carbocycles. The lowest BCUT2D eigenvalue weighted by Crippen LogP contribution is -2.11. The van der Waals surface area contributed by atoms with Crippen molar-refractivity contribution < 1.29 is 18.4 Å². The van der Waals surface area contributed by atoms with Gasteiger partial charge in [0.25, 0.3) is 0 Å². The van der Waals surface area contributed by atoms with Gasteiger partial charge in [-0.1, -0.05) is 28.1 Å². The molecule has 0 spiro atoms. The van der Waals surface area contributed by atoms with E-state index in [9.17, 15) is 9.59 Å². The Morgan fingerprint density at radius 3 is 2.50 bits per heavy atom. The Hall–Kier alpha value is -3.38. The minimum atomic E-state index is -0.396. The Morgan fingerprint density at radius 1 is 0.964 bits per heavy atom. The number of furan rings is 2. The quantitative estimate of drug-likeness (QED) is 0.323. The third-order valence-electron chi connectivity index (χ3n) is 4.10. The van der Waals surface area contributed by atoms with Crippen molar-refractivity contribution in [1.29, 1.82) is 0 Å². The normalized spacial score (nSPS) is 11.2. The summed E-state index contributed by atoms with van der Waals surface area (Å²) in [5.41, 5.74) is 1.33. The largest absolute Gasteiger partial charge is 0.465 e. The van der Waals surface area contributed by atoms with Gasteiger partial charge >= 0.3 is 0 Å². The lowest BCUT2D eigenvalue weighted by atomic mass is 10.1. The minimum absolute atomic E-state index is 0.0864. The molecule has 0 bridgehead atoms. The van der Waals surface area contributed by atoms with Crippen molar-refractivity contribution in [2.75, 3.05) is 5.32 Å². The van der Waals surface area contributed by atoms with Crippen LogP contribution in [0.25, 0.3) is 17.0 Å². The summed E-state index contributed by atoms with van der Waals surface area (Å²) in [6.07, 6.45) is 4.42. The van der Waals surface area contributed by atoms with Gasteiger partial charge in [-0.05, 0) is 54.6 Å². The maximum absolute atomic E-state index is 13.0. The second-order valence-electron chi connectivity index (χ2n) is 5.98. The van der Waals surface area contributed by atoms with E-state index < -0.39 is 5.91 Å². The van der Waals surface area contributed by atoms with Gasteiger partial charge in [0.2, 0.25) is 11.7 Å². The lowest BCUT2D eigenvalue weighted by molar-refractivity contribution is -0.111. The number of anilines is 1. The van der Waals surface area contributed by atoms with Gasteiger partial charge in [-0.3, -0.25) is 9.59 Å². The number of halogens is 1. The summed E-state index contributed by atoms with van der Waals surface area (Å²) >= 11 is 3.35. The Labute approximate surface area is 168 Å². The Kier molecular flexibility index (Phi) is 4.95. The second kappa shape index (κ2) is 7.70. The van der Waals surface area contributed by atoms with E-state index in [2.05, 4.69) is 21.2 Å². The van der Waals surface area contributed by atoms with Crippen molar-refractivity contribution in [1.82, 2.24) is 0 Å². The van der Waals surface area contributed by atoms with Crippen LogP contribution in [0, 0.1) is 0 Å². The molecule has 1 amide bonds. The predicted octanol–water partition coefficient (Wildman–Crippen LogP) is 5.67. The molecule has 0 radical (unpaired) electrons. The molecule has 28 heavy (non-hydrogen) atoms. The first-order valence-corrected chi connectivity index (χ1v) is 9.25. The van der Waals surface area contributed by atoms with Crippen molar-refractivity contribution in [3.63, 3.8) is 0 Å². The summed E-state index contributed by atoms with van der Waals surface area (Å²) in [7, 11) is 0. The SMILES string of the molecule is O=C(/C=C/c1ccco1)Nc1c(C(=O)c2ccc(Br)cc2)oc2ccccc12. The van der Waals surface area contributed by atoms with E-state index >= 15 is 0 Å². The highest BCUT2D eigenvalue weighted by atomic mass is 79.9. The number of carbonyl (C=O) groups excluding carboxylic acids is 2. The molecular weight excluding hydrogens is 422 g/mol. The molecular formula is C22H14BrNO4. The van der Waals surface area contributed by atoms with Gasteiger partial charge in [-0.2, -0.15) is 0 Å². The van der Waals surface area contributed by atoms with Crippen LogP contribution in [0.4, 0.5) is 5.69 Å². The summed E-state index contributed by atoms with van der Waals surface area (Å²) in [5, 5.41) is 3.42. The molecule has 4 aromatic rings. The Morgan fingerprint density at radius 2 is 1.75 bits per heavy atom. The molecule has 4 rings (SSSR count). The van der Waals surface area contributed by atoms with Crippen molar-refractivity contribution in [2.24, 2.45) is 0 Å². The van der Waals surface area contributed by atoms with Crippen LogP contribution in [0.5, 0.6) is 0 Å². The van der Waals surface area contributed by atoms with E-state index in [1.54, 1.807) is 54.6 Å². The van der Waals surface area contributed by atoms with Gasteiger partial charge in [0.1, 0.15) is 11.3 Å². The number of carbonyl (C=O) groups is 2. The van der Waals surface area contributed by atoms with Gasteiger partial charge in [0.05, 0.1) is 12.0 Å². The van der Waals surface area contributed by atoms with E-state index in [-0.39, 0.29) is 11.5 Å². The van der Waals surface area contributed by atoms with Gasteiger partial charge in [0, 0.05) is 21.5 Å². The highest BCUT2D eigenvalue weighted by Crippen LogP contribution is 2.32. The molecule has 2 heterocycles. The number of hydrogen-bond donors (Lipinski definition) is 1. The monoisotopic (exact) mass is 435 g/mol. The first-order valence-electron chi connectivity index (χ1n) is 8.46. The Bertz CT molecular complexity index is 1170. The predicted molar refractivity (Wildman–Crippen MR) is 110 cm³/mol. The van der Waals surface area contributed by atoms with Crippen LogP contribution < -0.4 is 5.32 Å². The standard InChI is InChI=1S/C22H14BrNO4/c23-15-9-7-14(8-10-15)21(26)22-20(17-5-1-2-6-18(17)28-22)24-19(25)12-11-16-4-3-13-27-16/h1-13H,(H,24,25)/b12-11+. The van der Waals surface area contributed by atoms with E-state index in [1.807, 2.05) is 12.1 Å². The van der Waals surface area contributed by atoms with Crippen molar-refractivity contribution >= 4 is 50.4 Å². The topological polar surface area (TPSA) is 72.5 Å². The zero-order chi connectivity index (χ0) is 19.5. The van der Waals surface area contributed by atoms with Crippen LogP contribution in [-0.2, 0) is 4.79 Å². The van der Waals surface area contributed by atoms with Crippen molar-refractivity contribution in [3.05, 3.63) is 94.6 Å². The maximum atomic E-state index is 13.0. The van der Waals surface area contributed by atoms with Crippen LogP contribution in [0.2, 0.25) is 0 Å². The van der Waals surface area contributed by atoms with Crippen molar-refractivity contribution in [2.45, 2.75) is 0 Å². The van der Waals surface area contributed by atoms with Crippen LogP contribution in [0.3, 0.4) is 0 Å². The fourth-order valence-corrected chi connectivity index (χ4v) is 3.03. The van der Waals surface area contributed by atoms with Crippen molar-refractivity contribution in [3.8, 4) is 0 Å². The molecule has 0 atom stereocenters. The van der Waals surface area contributed by atoms with E-state index in [1.165, 1.54) is 12.3 Å². The summed E-state index contributed by atoms with van der Waals surface area (Å²) in [6.45, 7) is 0. The number of hydrogen-bond acceptors (Lipinski definition) is 4. The number of amides is 1. The van der Waals surface area contributed by atoms with Crippen LogP contribution in [0.1, 0.15) is 21.9 Å². The zero-order valence-corrected chi connectivity index (χ0v) is 16.1. The molecule has 6 heteroatoms. The van der Waals surface area contributed by atoms with E-state index in [0.29, 0.717) is 28.0 Å². The summed E-state index contributed by atoms with van der Waals surface area (Å²) in [5.74, 6) is -0.0662. The molecule has 1 N–H and O–H groups in total. The molecule has 0 saturated carbocycles. The van der Waals surface area contributed by atoms with Gasteiger partial charge in [0.15, 0.2) is 5.76 Å². The lowest BCUT2D eigenvalue weighted by Gasteiger charge is -2.04. The van der Waals surface area contributed by atoms with E-state index in [0.717, 1.165) is 4.47 Å². The molecule has 0 aliphatic carbocycles. The Balaban J connectivity index is 1.70. The second-order valence-corrected chi connectivity index (χ2v) is 6.89. The van der Waals surface area contributed by atoms with Crippen LogP contribution >= 0.6 is 15.9 Å². The average molecular weight is 436 g/mol. The zero-order valence-electron chi connectivity index (χ0n) is 14.5. The number of rotatable bonds is 5. The molecule has 5 nitrogen and oxygen atoms in total. The molecule has 138 valence electrons. The molecule has 0 aliphatic heterocycles. The number of para-hydroxylation sites is 1. The molecule has 0 fully saturated rings. The molecule has 0 aliphatic rings. The third-order valence-corrected chi connectivity index (χ3v) is 4.63. The van der Waals surface area contributed by atoms with Crippen LogP contribution in [0.15, 0.2) is 86.3 Å². The first-order chi connectivity index (χ1) is 13.6. The number of fused-ring (bicyclic) bond motifs is 1. The highest BCUT2D eigenvalue weighted by molar-refractivity contribution is 9.10. The maximum Gasteiger partial charge on any atom is 0.248 e. The van der Waals surface area contributed by atoms with Gasteiger partial charge in [-0.25, -0.2) is 0 Å². The third kappa shape index (κ3) is 3.68. The molecule has 0 saturated heterocycles. The minimum Gasteiger partial charge on any atom is -0.465 e. The fraction of sp³-hybridized carbons (Fsp3) is 0. The summed E-state index contributed by atoms with van der Waals surface area (Å²) in [4.78, 5) is 25.4. The molecule has 0 unspecified atom stereocenters. The number of ketones is 1. The first kappa shape index (κ1) is 18.0.